The maximum atomic E-state index is 9.60. The van der Waals surface area contributed by atoms with Gasteiger partial charge in [0, 0.05) is 12.7 Å². The fourth-order valence-corrected chi connectivity index (χ4v) is 0.245. The van der Waals surface area contributed by atoms with Crippen molar-refractivity contribution in [2.24, 2.45) is 0 Å². The predicted molar refractivity (Wildman–Crippen MR) is 58.1 cm³/mol. The smallest absolute Gasteiger partial charge is 0.478 e. The molecule has 5 N–H and O–H groups in total. The summed E-state index contributed by atoms with van der Waals surface area (Å²) in [4.78, 5) is 18.2. The van der Waals surface area contributed by atoms with Crippen LogP contribution < -0.4 is 0 Å². The van der Waals surface area contributed by atoms with Gasteiger partial charge in [-0.15, -0.1) is 0 Å². The van der Waals surface area contributed by atoms with Crippen molar-refractivity contribution in [3.63, 3.8) is 0 Å². The molecule has 0 saturated carbocycles. The number of ether oxygens (including phenoxy) is 1. The van der Waals surface area contributed by atoms with E-state index >= 15 is 0 Å². The van der Waals surface area contributed by atoms with Gasteiger partial charge >= 0.3 is 12.1 Å². The monoisotopic (exact) mass is 254 g/mol. The molecule has 0 aliphatic heterocycles. The Bertz CT molecular complexity index is 209. The van der Waals surface area contributed by atoms with E-state index in [9.17, 15) is 4.79 Å². The molecule has 0 aliphatic rings. The van der Waals surface area contributed by atoms with Crippen LogP contribution in [0.15, 0.2) is 12.2 Å². The van der Waals surface area contributed by atoms with Crippen molar-refractivity contribution < 1.29 is 39.9 Å². The van der Waals surface area contributed by atoms with Crippen LogP contribution in [0.5, 0.6) is 0 Å². The molecule has 0 rings (SSSR count). The molecule has 17 heavy (non-hydrogen) atoms. The summed E-state index contributed by atoms with van der Waals surface area (Å²) >= 11 is 0. The molecule has 0 spiro atoms. The third-order valence-electron chi connectivity index (χ3n) is 0.935. The number of carboxylic acids is 1. The molecule has 0 aromatic heterocycles. The Morgan fingerprint density at radius 2 is 1.59 bits per heavy atom. The molecule has 0 aromatic carbocycles. The highest BCUT2D eigenvalue weighted by atomic mass is 16.6. The van der Waals surface area contributed by atoms with E-state index < -0.39 is 18.2 Å². The van der Waals surface area contributed by atoms with Gasteiger partial charge in [-0.1, -0.05) is 6.58 Å². The lowest BCUT2D eigenvalue weighted by atomic mass is 10.4. The van der Waals surface area contributed by atoms with Crippen LogP contribution in [-0.2, 0) is 9.53 Å². The molecule has 8 heteroatoms. The van der Waals surface area contributed by atoms with Gasteiger partial charge in [-0.3, -0.25) is 0 Å². The summed E-state index contributed by atoms with van der Waals surface area (Å²) in [6.07, 6.45) is -2.55. The number of methoxy groups -OCH3 is 1. The van der Waals surface area contributed by atoms with Gasteiger partial charge in [0.05, 0.1) is 13.2 Å². The molecule has 1 atom stereocenters. The second-order valence-electron chi connectivity index (χ2n) is 2.66. The van der Waals surface area contributed by atoms with Crippen LogP contribution in [-0.4, -0.2) is 64.1 Å². The average Bonchev–Trinajstić information content (AvgIpc) is 2.18. The first kappa shape index (κ1) is 20.7. The van der Waals surface area contributed by atoms with Gasteiger partial charge in [0.15, 0.2) is 0 Å². The fraction of sp³-hybridized carbons (Fsp3) is 0.556. The summed E-state index contributed by atoms with van der Waals surface area (Å²) in [5.74, 6) is -0.935. The van der Waals surface area contributed by atoms with Gasteiger partial charge in [-0.25, -0.2) is 9.59 Å². The number of rotatable bonds is 4. The highest BCUT2D eigenvalue weighted by Crippen LogP contribution is 1.81. The van der Waals surface area contributed by atoms with E-state index in [-0.39, 0.29) is 18.8 Å². The molecule has 0 aliphatic carbocycles. The molecule has 0 fully saturated rings. The molecule has 0 amide bonds. The molecule has 0 radical (unpaired) electrons. The Morgan fingerprint density at radius 1 is 1.29 bits per heavy atom. The van der Waals surface area contributed by atoms with Crippen LogP contribution in [0.4, 0.5) is 4.79 Å². The first-order valence-electron chi connectivity index (χ1n) is 4.27. The standard InChI is InChI=1S/C4H10O3.C4H6O2.CH2O3/c1-7-3-4(6)2-5;1-3(2)4(5)6;2-1(3)4/h4-6H,2-3H2,1H3;1H2,2H3,(H,5,6);(H2,2,3,4). The van der Waals surface area contributed by atoms with Crippen molar-refractivity contribution in [3.05, 3.63) is 12.2 Å². The van der Waals surface area contributed by atoms with Crippen LogP contribution in [0, 0.1) is 0 Å². The van der Waals surface area contributed by atoms with Crippen molar-refractivity contribution in [1.29, 1.82) is 0 Å². The fourth-order valence-electron chi connectivity index (χ4n) is 0.245. The van der Waals surface area contributed by atoms with Crippen LogP contribution in [0.2, 0.25) is 0 Å². The van der Waals surface area contributed by atoms with Crippen LogP contribution in [0.3, 0.4) is 0 Å². The number of aliphatic hydroxyl groups is 2. The Morgan fingerprint density at radius 3 is 1.65 bits per heavy atom. The van der Waals surface area contributed by atoms with E-state index in [1.165, 1.54) is 14.0 Å². The van der Waals surface area contributed by atoms with E-state index in [0.717, 1.165) is 0 Å². The van der Waals surface area contributed by atoms with Crippen molar-refractivity contribution >= 4 is 12.1 Å². The molecule has 8 nitrogen and oxygen atoms in total. The Balaban J connectivity index is -0.000000180. The number of aliphatic hydroxyl groups excluding tert-OH is 2. The normalized spacial score (nSPS) is 9.88. The maximum Gasteiger partial charge on any atom is 0.503 e. The van der Waals surface area contributed by atoms with Gasteiger partial charge in [0.25, 0.3) is 0 Å². The summed E-state index contributed by atoms with van der Waals surface area (Å²) in [6, 6.07) is 0. The number of carboxylic acid groups (broad SMARTS) is 3. The number of carbonyl (C=O) groups is 2. The van der Waals surface area contributed by atoms with Crippen molar-refractivity contribution in [2.45, 2.75) is 13.0 Å². The second kappa shape index (κ2) is 14.4. The minimum atomic E-state index is -1.83. The SMILES string of the molecule is C=C(C)C(=O)O.COCC(O)CO.O=C(O)O. The van der Waals surface area contributed by atoms with Crippen LogP contribution in [0.1, 0.15) is 6.92 Å². The lowest BCUT2D eigenvalue weighted by Gasteiger charge is -2.01. The highest BCUT2D eigenvalue weighted by molar-refractivity contribution is 5.84. The minimum Gasteiger partial charge on any atom is -0.478 e. The topological polar surface area (TPSA) is 145 Å². The van der Waals surface area contributed by atoms with Crippen molar-refractivity contribution in [3.8, 4) is 0 Å². The summed E-state index contributed by atoms with van der Waals surface area (Å²) in [5.41, 5.74) is 0.176. The Hall–Kier alpha value is -1.64. The first-order chi connectivity index (χ1) is 7.68. The van der Waals surface area contributed by atoms with E-state index in [4.69, 9.17) is 30.3 Å². The van der Waals surface area contributed by atoms with Gasteiger partial charge in [-0.05, 0) is 6.92 Å². The molecule has 0 saturated heterocycles. The molecule has 0 aromatic rings. The van der Waals surface area contributed by atoms with E-state index in [1.807, 2.05) is 0 Å². The summed E-state index contributed by atoms with van der Waals surface area (Å²) in [5, 5.41) is 38.5. The zero-order valence-electron chi connectivity index (χ0n) is 9.66. The molecule has 0 bridgehead atoms. The summed E-state index contributed by atoms with van der Waals surface area (Å²) in [6.45, 7) is 4.58. The number of aliphatic carboxylic acids is 1. The molecule has 0 heterocycles. The van der Waals surface area contributed by atoms with Gasteiger partial charge in [0.2, 0.25) is 0 Å². The molecule has 102 valence electrons. The molecular formula is C9H18O8. The summed E-state index contributed by atoms with van der Waals surface area (Å²) < 4.78 is 4.48. The first-order valence-corrected chi connectivity index (χ1v) is 4.27. The third kappa shape index (κ3) is 40.5. The van der Waals surface area contributed by atoms with Gasteiger partial charge < -0.3 is 30.3 Å². The van der Waals surface area contributed by atoms with Gasteiger partial charge in [0.1, 0.15) is 6.10 Å². The lowest BCUT2D eigenvalue weighted by molar-refractivity contribution is -0.132. The van der Waals surface area contributed by atoms with Gasteiger partial charge in [-0.2, -0.15) is 0 Å². The zero-order valence-corrected chi connectivity index (χ0v) is 9.66. The summed E-state index contributed by atoms with van der Waals surface area (Å²) in [7, 11) is 1.47. The van der Waals surface area contributed by atoms with E-state index in [2.05, 4.69) is 11.3 Å². The lowest BCUT2D eigenvalue weighted by Crippen LogP contribution is -2.17. The largest absolute Gasteiger partial charge is 0.503 e. The number of hydrogen-bond acceptors (Lipinski definition) is 5. The third-order valence-corrected chi connectivity index (χ3v) is 0.935. The van der Waals surface area contributed by atoms with Crippen molar-refractivity contribution in [2.75, 3.05) is 20.3 Å². The molecular weight excluding hydrogens is 236 g/mol. The van der Waals surface area contributed by atoms with Crippen LogP contribution in [0.25, 0.3) is 0 Å². The van der Waals surface area contributed by atoms with E-state index in [1.54, 1.807) is 0 Å². The predicted octanol–water partition coefficient (Wildman–Crippen LogP) is -0.144. The average molecular weight is 254 g/mol. The second-order valence-corrected chi connectivity index (χ2v) is 2.66. The minimum absolute atomic E-state index is 0.176. The zero-order chi connectivity index (χ0) is 14.4. The quantitative estimate of drug-likeness (QED) is 0.436. The Kier molecular flexibility index (Phi) is 17.5. The van der Waals surface area contributed by atoms with Crippen LogP contribution >= 0.6 is 0 Å². The highest BCUT2D eigenvalue weighted by Gasteiger charge is 1.96. The van der Waals surface area contributed by atoms with E-state index in [0.29, 0.717) is 0 Å². The van der Waals surface area contributed by atoms with Crippen molar-refractivity contribution in [1.82, 2.24) is 0 Å². The maximum absolute atomic E-state index is 9.60. The molecule has 1 unspecified atom stereocenters. The Labute approximate surface area is 98.4 Å². The number of hydrogen-bond donors (Lipinski definition) is 5.